The Bertz CT molecular complexity index is 403. The van der Waals surface area contributed by atoms with Crippen molar-refractivity contribution in [2.75, 3.05) is 0 Å². The summed E-state index contributed by atoms with van der Waals surface area (Å²) in [4.78, 5) is 0. The van der Waals surface area contributed by atoms with E-state index >= 15 is 0 Å². The predicted molar refractivity (Wildman–Crippen MR) is 48.9 cm³/mol. The van der Waals surface area contributed by atoms with Crippen LogP contribution in [0.2, 0.25) is 5.02 Å². The van der Waals surface area contributed by atoms with Crippen LogP contribution < -0.4 is 9.84 Å². The van der Waals surface area contributed by atoms with Gasteiger partial charge in [0.15, 0.2) is 0 Å². The van der Waals surface area contributed by atoms with Gasteiger partial charge in [-0.2, -0.15) is 5.21 Å². The van der Waals surface area contributed by atoms with E-state index in [0.29, 0.717) is 16.6 Å². The van der Waals surface area contributed by atoms with Gasteiger partial charge in [-0.15, -0.1) is 0 Å². The van der Waals surface area contributed by atoms with E-state index in [4.69, 9.17) is 16.3 Å². The van der Waals surface area contributed by atoms with Crippen molar-refractivity contribution in [2.24, 2.45) is 0 Å². The molecule has 0 saturated heterocycles. The van der Waals surface area contributed by atoms with Gasteiger partial charge in [0.25, 0.3) is 0 Å². The van der Waals surface area contributed by atoms with Gasteiger partial charge in [-0.25, -0.2) is 0 Å². The van der Waals surface area contributed by atoms with Gasteiger partial charge in [0.1, 0.15) is 12.4 Å². The second kappa shape index (κ2) is 4.06. The van der Waals surface area contributed by atoms with Gasteiger partial charge in [0.05, 0.1) is 0 Å². The zero-order valence-corrected chi connectivity index (χ0v) is 7.85. The lowest BCUT2D eigenvalue weighted by molar-refractivity contribution is 0.295. The van der Waals surface area contributed by atoms with E-state index in [9.17, 15) is 0 Å². The summed E-state index contributed by atoms with van der Waals surface area (Å²) >= 11 is 5.77. The Hall–Kier alpha value is -1.62. The molecule has 0 atom stereocenters. The summed E-state index contributed by atoms with van der Waals surface area (Å²) in [6.07, 6.45) is 0. The minimum Gasteiger partial charge on any atom is -0.488 e. The first-order valence-corrected chi connectivity index (χ1v) is 4.28. The average Bonchev–Trinajstić information content (AvgIpc) is 2.67. The molecule has 0 aliphatic rings. The maximum absolute atomic E-state index is 5.77. The Balaban J connectivity index is 1.98. The molecule has 0 spiro atoms. The minimum absolute atomic E-state index is 0.243. The van der Waals surface area contributed by atoms with Crippen molar-refractivity contribution in [1.82, 2.24) is 20.6 Å². The zero-order chi connectivity index (χ0) is 9.80. The normalized spacial score (nSPS) is 10.1. The van der Waals surface area contributed by atoms with Crippen LogP contribution in [0.3, 0.4) is 0 Å². The van der Waals surface area contributed by atoms with Crippen molar-refractivity contribution in [3.63, 3.8) is 0 Å². The van der Waals surface area contributed by atoms with Crippen LogP contribution in [0.1, 0.15) is 5.82 Å². The van der Waals surface area contributed by atoms with Crippen molar-refractivity contribution < 1.29 is 4.74 Å². The Morgan fingerprint density at radius 2 is 2.36 bits per heavy atom. The molecule has 0 unspecified atom stereocenters. The predicted octanol–water partition coefficient (Wildman–Crippen LogP) is 1.06. The Labute approximate surface area is 85.0 Å². The Kier molecular flexibility index (Phi) is 2.60. The van der Waals surface area contributed by atoms with Crippen molar-refractivity contribution in [1.29, 1.82) is 0 Å². The SMILES string of the molecule is Clc1cccc(OCc2nnn[n-]2)c1. The number of benzene rings is 1. The summed E-state index contributed by atoms with van der Waals surface area (Å²) in [5.74, 6) is 1.12. The van der Waals surface area contributed by atoms with Crippen LogP contribution >= 0.6 is 11.6 Å². The van der Waals surface area contributed by atoms with Crippen LogP contribution in [-0.4, -0.2) is 15.5 Å². The van der Waals surface area contributed by atoms with Crippen LogP contribution in [0.15, 0.2) is 24.3 Å². The van der Waals surface area contributed by atoms with Crippen molar-refractivity contribution in [3.05, 3.63) is 35.1 Å². The molecule has 0 bridgehead atoms. The third kappa shape index (κ3) is 2.20. The summed E-state index contributed by atoms with van der Waals surface area (Å²) in [5.41, 5.74) is 0. The average molecular weight is 210 g/mol. The number of hydrogen-bond acceptors (Lipinski definition) is 4. The third-order valence-electron chi connectivity index (χ3n) is 1.52. The Morgan fingerprint density at radius 1 is 1.43 bits per heavy atom. The molecule has 72 valence electrons. The highest BCUT2D eigenvalue weighted by Crippen LogP contribution is 2.17. The molecule has 6 heteroatoms. The van der Waals surface area contributed by atoms with Crippen molar-refractivity contribution >= 4 is 11.6 Å². The van der Waals surface area contributed by atoms with Crippen LogP contribution in [0.4, 0.5) is 0 Å². The van der Waals surface area contributed by atoms with Gasteiger partial charge in [-0.1, -0.05) is 17.7 Å². The highest BCUT2D eigenvalue weighted by atomic mass is 35.5. The molecule has 0 aliphatic carbocycles. The van der Waals surface area contributed by atoms with Crippen LogP contribution in [-0.2, 0) is 6.61 Å². The molecule has 0 aliphatic heterocycles. The molecular formula is C8H6ClN4O-. The first-order valence-electron chi connectivity index (χ1n) is 3.90. The second-order valence-electron chi connectivity index (χ2n) is 2.54. The van der Waals surface area contributed by atoms with Gasteiger partial charge in [0, 0.05) is 10.8 Å². The minimum atomic E-state index is 0.243. The van der Waals surface area contributed by atoms with Crippen LogP contribution in [0.5, 0.6) is 5.75 Å². The van der Waals surface area contributed by atoms with E-state index in [1.165, 1.54) is 0 Å². The number of ether oxygens (including phenoxy) is 1. The lowest BCUT2D eigenvalue weighted by atomic mass is 10.3. The van der Waals surface area contributed by atoms with Gasteiger partial charge >= 0.3 is 0 Å². The van der Waals surface area contributed by atoms with Gasteiger partial charge in [-0.05, 0) is 18.2 Å². The van der Waals surface area contributed by atoms with Crippen molar-refractivity contribution in [2.45, 2.75) is 6.61 Å². The van der Waals surface area contributed by atoms with Crippen molar-refractivity contribution in [3.8, 4) is 5.75 Å². The maximum Gasteiger partial charge on any atom is 0.121 e. The highest BCUT2D eigenvalue weighted by Gasteiger charge is 1.94. The topological polar surface area (TPSA) is 62.0 Å². The van der Waals surface area contributed by atoms with Gasteiger partial charge in [-0.3, -0.25) is 10.3 Å². The molecule has 0 radical (unpaired) electrons. The summed E-state index contributed by atoms with van der Waals surface area (Å²) in [5, 5.41) is 14.5. The first kappa shape index (κ1) is 8.96. The fourth-order valence-corrected chi connectivity index (χ4v) is 1.11. The molecule has 2 aromatic rings. The number of aromatic nitrogens is 4. The van der Waals surface area contributed by atoms with E-state index in [-0.39, 0.29) is 6.61 Å². The number of rotatable bonds is 3. The number of nitrogens with zero attached hydrogens (tertiary/aromatic N) is 4. The van der Waals surface area contributed by atoms with Crippen LogP contribution in [0.25, 0.3) is 0 Å². The lowest BCUT2D eigenvalue weighted by Gasteiger charge is -2.05. The summed E-state index contributed by atoms with van der Waals surface area (Å²) in [7, 11) is 0. The monoisotopic (exact) mass is 209 g/mol. The fraction of sp³-hybridized carbons (Fsp3) is 0.125. The number of halogens is 1. The van der Waals surface area contributed by atoms with E-state index in [0.717, 1.165) is 0 Å². The molecule has 0 saturated carbocycles. The molecule has 0 fully saturated rings. The molecule has 5 nitrogen and oxygen atoms in total. The molecule has 1 aromatic heterocycles. The molecule has 0 amide bonds. The Morgan fingerprint density at radius 3 is 3.07 bits per heavy atom. The summed E-state index contributed by atoms with van der Waals surface area (Å²) in [6.45, 7) is 0.243. The van der Waals surface area contributed by atoms with E-state index < -0.39 is 0 Å². The van der Waals surface area contributed by atoms with E-state index in [1.807, 2.05) is 0 Å². The van der Waals surface area contributed by atoms with Gasteiger partial charge in [0.2, 0.25) is 0 Å². The molecule has 14 heavy (non-hydrogen) atoms. The largest absolute Gasteiger partial charge is 0.488 e. The molecule has 0 N–H and O–H groups in total. The van der Waals surface area contributed by atoms with Crippen LogP contribution in [0, 0.1) is 0 Å². The molecular weight excluding hydrogens is 204 g/mol. The standard InChI is InChI=1S/C8H6ClN4O/c9-6-2-1-3-7(4-6)14-5-8-10-12-13-11-8/h1-4H,5H2/q-1. The maximum atomic E-state index is 5.77. The molecule has 2 rings (SSSR count). The molecule has 1 aromatic carbocycles. The lowest BCUT2D eigenvalue weighted by Crippen LogP contribution is -1.98. The van der Waals surface area contributed by atoms with E-state index in [1.54, 1.807) is 24.3 Å². The smallest absolute Gasteiger partial charge is 0.121 e. The van der Waals surface area contributed by atoms with E-state index in [2.05, 4.69) is 20.6 Å². The highest BCUT2D eigenvalue weighted by molar-refractivity contribution is 6.30. The second-order valence-corrected chi connectivity index (χ2v) is 2.98. The first-order chi connectivity index (χ1) is 6.84. The summed E-state index contributed by atoms with van der Waals surface area (Å²) in [6, 6.07) is 7.09. The number of hydrogen-bond donors (Lipinski definition) is 0. The third-order valence-corrected chi connectivity index (χ3v) is 1.76. The zero-order valence-electron chi connectivity index (χ0n) is 7.09. The summed E-state index contributed by atoms with van der Waals surface area (Å²) < 4.78 is 5.34. The quantitative estimate of drug-likeness (QED) is 0.757. The van der Waals surface area contributed by atoms with Gasteiger partial charge < -0.3 is 9.84 Å². The fourth-order valence-electron chi connectivity index (χ4n) is 0.926. The molecule has 1 heterocycles. The number of tetrazole rings is 1.